The molecule has 0 spiro atoms. The van der Waals surface area contributed by atoms with E-state index in [-0.39, 0.29) is 12.3 Å². The molecule has 0 saturated heterocycles. The van der Waals surface area contributed by atoms with Crippen molar-refractivity contribution in [1.82, 2.24) is 15.1 Å². The number of methoxy groups -OCH3 is 2. The SMILES string of the molecule is COCC(NC(=O)c1ccn(-c2ccc(OC)cc2)n1)C(=O)O. The summed E-state index contributed by atoms with van der Waals surface area (Å²) in [6.45, 7) is -0.125. The molecule has 1 unspecified atom stereocenters. The summed E-state index contributed by atoms with van der Waals surface area (Å²) in [5.41, 5.74) is 0.861. The number of carbonyl (C=O) groups is 2. The minimum atomic E-state index is -1.17. The Hall–Kier alpha value is -2.87. The van der Waals surface area contributed by atoms with E-state index < -0.39 is 17.9 Å². The molecule has 2 rings (SSSR count). The highest BCUT2D eigenvalue weighted by Crippen LogP contribution is 2.14. The van der Waals surface area contributed by atoms with E-state index in [4.69, 9.17) is 14.6 Å². The van der Waals surface area contributed by atoms with Crippen molar-refractivity contribution in [2.75, 3.05) is 20.8 Å². The normalized spacial score (nSPS) is 11.7. The summed E-state index contributed by atoms with van der Waals surface area (Å²) < 4.78 is 11.4. The van der Waals surface area contributed by atoms with E-state index >= 15 is 0 Å². The zero-order valence-electron chi connectivity index (χ0n) is 12.7. The Morgan fingerprint density at radius 2 is 1.96 bits per heavy atom. The number of aromatic nitrogens is 2. The van der Waals surface area contributed by atoms with Crippen LogP contribution in [-0.2, 0) is 9.53 Å². The number of nitrogens with zero attached hydrogens (tertiary/aromatic N) is 2. The van der Waals surface area contributed by atoms with Gasteiger partial charge in [-0.15, -0.1) is 0 Å². The molecule has 1 heterocycles. The molecule has 8 heteroatoms. The van der Waals surface area contributed by atoms with Gasteiger partial charge in [0.15, 0.2) is 11.7 Å². The molecule has 122 valence electrons. The van der Waals surface area contributed by atoms with Gasteiger partial charge in [-0.05, 0) is 30.3 Å². The van der Waals surface area contributed by atoms with Gasteiger partial charge in [-0.2, -0.15) is 5.10 Å². The van der Waals surface area contributed by atoms with Crippen LogP contribution in [0.15, 0.2) is 36.5 Å². The van der Waals surface area contributed by atoms with Crippen LogP contribution in [0.2, 0.25) is 0 Å². The van der Waals surface area contributed by atoms with Crippen molar-refractivity contribution in [1.29, 1.82) is 0 Å². The first-order chi connectivity index (χ1) is 11.0. The Labute approximate surface area is 132 Å². The van der Waals surface area contributed by atoms with Gasteiger partial charge in [0.1, 0.15) is 5.75 Å². The number of ether oxygens (including phenoxy) is 2. The molecule has 1 aromatic carbocycles. The Balaban J connectivity index is 2.11. The zero-order chi connectivity index (χ0) is 16.8. The predicted molar refractivity (Wildman–Crippen MR) is 80.9 cm³/mol. The van der Waals surface area contributed by atoms with E-state index in [2.05, 4.69) is 10.4 Å². The fourth-order valence-electron chi connectivity index (χ4n) is 1.90. The molecule has 1 aromatic heterocycles. The van der Waals surface area contributed by atoms with E-state index in [0.29, 0.717) is 5.75 Å². The van der Waals surface area contributed by atoms with Gasteiger partial charge in [0.25, 0.3) is 5.91 Å². The zero-order valence-corrected chi connectivity index (χ0v) is 12.7. The maximum absolute atomic E-state index is 12.1. The third kappa shape index (κ3) is 4.07. The number of hydrogen-bond acceptors (Lipinski definition) is 5. The second kappa shape index (κ2) is 7.41. The number of carbonyl (C=O) groups excluding carboxylic acids is 1. The number of benzene rings is 1. The van der Waals surface area contributed by atoms with Crippen LogP contribution in [0.5, 0.6) is 5.75 Å². The molecule has 0 bridgehead atoms. The quantitative estimate of drug-likeness (QED) is 0.779. The second-order valence-electron chi connectivity index (χ2n) is 4.66. The molecule has 23 heavy (non-hydrogen) atoms. The van der Waals surface area contributed by atoms with Gasteiger partial charge in [-0.25, -0.2) is 9.48 Å². The summed E-state index contributed by atoms with van der Waals surface area (Å²) in [7, 11) is 2.94. The highest BCUT2D eigenvalue weighted by Gasteiger charge is 2.21. The number of amides is 1. The van der Waals surface area contributed by atoms with Crippen LogP contribution in [0.3, 0.4) is 0 Å². The molecule has 1 atom stereocenters. The van der Waals surface area contributed by atoms with Crippen LogP contribution in [0.25, 0.3) is 5.69 Å². The maximum Gasteiger partial charge on any atom is 0.328 e. The summed E-state index contributed by atoms with van der Waals surface area (Å²) in [6, 6.07) is 7.51. The molecular formula is C15H17N3O5. The summed E-state index contributed by atoms with van der Waals surface area (Å²) in [5.74, 6) is -1.04. The highest BCUT2D eigenvalue weighted by atomic mass is 16.5. The van der Waals surface area contributed by atoms with Gasteiger partial charge >= 0.3 is 5.97 Å². The van der Waals surface area contributed by atoms with Gasteiger partial charge < -0.3 is 19.9 Å². The van der Waals surface area contributed by atoms with Crippen molar-refractivity contribution < 1.29 is 24.2 Å². The van der Waals surface area contributed by atoms with E-state index in [9.17, 15) is 9.59 Å². The van der Waals surface area contributed by atoms with Crippen molar-refractivity contribution in [3.63, 3.8) is 0 Å². The van der Waals surface area contributed by atoms with Crippen molar-refractivity contribution in [3.8, 4) is 11.4 Å². The highest BCUT2D eigenvalue weighted by molar-refractivity contribution is 5.94. The van der Waals surface area contributed by atoms with Crippen LogP contribution in [0.1, 0.15) is 10.5 Å². The number of hydrogen-bond donors (Lipinski definition) is 2. The first-order valence-electron chi connectivity index (χ1n) is 6.78. The Kier molecular flexibility index (Phi) is 5.32. The first kappa shape index (κ1) is 16.5. The number of aliphatic carboxylic acids is 1. The van der Waals surface area contributed by atoms with Gasteiger partial charge in [-0.3, -0.25) is 4.79 Å². The molecule has 0 fully saturated rings. The fraction of sp³-hybridized carbons (Fsp3) is 0.267. The lowest BCUT2D eigenvalue weighted by Crippen LogP contribution is -2.44. The van der Waals surface area contributed by atoms with Crippen LogP contribution < -0.4 is 10.1 Å². The van der Waals surface area contributed by atoms with E-state index in [1.54, 1.807) is 37.6 Å². The first-order valence-corrected chi connectivity index (χ1v) is 6.78. The maximum atomic E-state index is 12.1. The molecule has 1 amide bonds. The lowest BCUT2D eigenvalue weighted by Gasteiger charge is -2.12. The molecule has 0 radical (unpaired) electrons. The van der Waals surface area contributed by atoms with Crippen molar-refractivity contribution in [2.45, 2.75) is 6.04 Å². The monoisotopic (exact) mass is 319 g/mol. The van der Waals surface area contributed by atoms with Crippen molar-refractivity contribution >= 4 is 11.9 Å². The van der Waals surface area contributed by atoms with Crippen molar-refractivity contribution in [3.05, 3.63) is 42.2 Å². The van der Waals surface area contributed by atoms with Gasteiger partial charge in [0.2, 0.25) is 0 Å². The van der Waals surface area contributed by atoms with Crippen LogP contribution >= 0.6 is 0 Å². The van der Waals surface area contributed by atoms with Crippen molar-refractivity contribution in [2.24, 2.45) is 0 Å². The average molecular weight is 319 g/mol. The summed E-state index contributed by atoms with van der Waals surface area (Å²) in [6.07, 6.45) is 1.61. The Morgan fingerprint density at radius 1 is 1.26 bits per heavy atom. The second-order valence-corrected chi connectivity index (χ2v) is 4.66. The topological polar surface area (TPSA) is 103 Å². The third-order valence-corrected chi connectivity index (χ3v) is 3.10. The molecule has 0 saturated carbocycles. The van der Waals surface area contributed by atoms with Gasteiger partial charge in [-0.1, -0.05) is 0 Å². The van der Waals surface area contributed by atoms with E-state index in [1.165, 1.54) is 17.9 Å². The lowest BCUT2D eigenvalue weighted by molar-refractivity contribution is -0.140. The molecular weight excluding hydrogens is 302 g/mol. The molecule has 0 aliphatic carbocycles. The molecule has 2 N–H and O–H groups in total. The Bertz CT molecular complexity index is 681. The summed E-state index contributed by atoms with van der Waals surface area (Å²) in [4.78, 5) is 23.1. The van der Waals surface area contributed by atoms with Crippen LogP contribution in [0, 0.1) is 0 Å². The number of carboxylic acid groups (broad SMARTS) is 1. The smallest absolute Gasteiger partial charge is 0.328 e. The lowest BCUT2D eigenvalue weighted by atomic mass is 10.3. The van der Waals surface area contributed by atoms with E-state index in [1.807, 2.05) is 0 Å². The average Bonchev–Trinajstić information content (AvgIpc) is 3.04. The minimum absolute atomic E-state index is 0.114. The summed E-state index contributed by atoms with van der Waals surface area (Å²) >= 11 is 0. The molecule has 2 aromatic rings. The molecule has 8 nitrogen and oxygen atoms in total. The minimum Gasteiger partial charge on any atom is -0.497 e. The number of nitrogens with one attached hydrogen (secondary N) is 1. The van der Waals surface area contributed by atoms with Gasteiger partial charge in [0.05, 0.1) is 19.4 Å². The third-order valence-electron chi connectivity index (χ3n) is 3.10. The standard InChI is InChI=1S/C15H17N3O5/c1-22-9-13(15(20)21)16-14(19)12-7-8-18(17-12)10-3-5-11(23-2)6-4-10/h3-8,13H,9H2,1-2H3,(H,16,19)(H,20,21). The Morgan fingerprint density at radius 3 is 2.52 bits per heavy atom. The number of carboxylic acids is 1. The molecule has 0 aliphatic rings. The van der Waals surface area contributed by atoms with E-state index in [0.717, 1.165) is 5.69 Å². The van der Waals surface area contributed by atoms with Crippen LogP contribution in [-0.4, -0.2) is 53.6 Å². The van der Waals surface area contributed by atoms with Crippen LogP contribution in [0.4, 0.5) is 0 Å². The predicted octanol–water partition coefficient (Wildman–Crippen LogP) is 0.710. The fourth-order valence-corrected chi connectivity index (χ4v) is 1.90. The summed E-state index contributed by atoms with van der Waals surface area (Å²) in [5, 5.41) is 15.5. The largest absolute Gasteiger partial charge is 0.497 e. The molecule has 0 aliphatic heterocycles. The number of rotatable bonds is 7. The van der Waals surface area contributed by atoms with Gasteiger partial charge in [0, 0.05) is 13.3 Å².